The van der Waals surface area contributed by atoms with E-state index in [1.54, 1.807) is 25.4 Å². The van der Waals surface area contributed by atoms with E-state index in [1.807, 2.05) is 6.07 Å². The minimum absolute atomic E-state index is 0.0644. The number of pyridine rings is 1. The minimum atomic E-state index is -5.19. The highest BCUT2D eigenvalue weighted by atomic mass is 19.4. The highest BCUT2D eigenvalue weighted by Crippen LogP contribution is 2.39. The Bertz CT molecular complexity index is 1520. The zero-order valence-corrected chi connectivity index (χ0v) is 20.7. The van der Waals surface area contributed by atoms with Gasteiger partial charge in [-0.05, 0) is 45.0 Å². The van der Waals surface area contributed by atoms with Gasteiger partial charge in [0.2, 0.25) is 0 Å². The standard InChI is InChI=1S/C26H25F4N5O2/c1-13-10-35(11-14(2)31-13)18-7-16-5-6-21(32-23(16)20(27)9-18)19-8-17-12-34(4)33-22(17)15(3)24(19)37-25(36)26(28,29)30/h5-9,12-14,31H,10-11H2,1-4H3/t13-,14-/m0/s1. The Morgan fingerprint density at radius 1 is 1.08 bits per heavy atom. The number of anilines is 1. The average molecular weight is 516 g/mol. The molecule has 11 heteroatoms. The van der Waals surface area contributed by atoms with Crippen molar-refractivity contribution in [1.29, 1.82) is 0 Å². The molecule has 1 aliphatic heterocycles. The van der Waals surface area contributed by atoms with Crippen molar-refractivity contribution in [2.24, 2.45) is 7.05 Å². The van der Waals surface area contributed by atoms with Crippen LogP contribution in [0.4, 0.5) is 23.2 Å². The van der Waals surface area contributed by atoms with E-state index in [0.717, 1.165) is 18.8 Å². The lowest BCUT2D eigenvalue weighted by molar-refractivity contribution is -0.189. The molecule has 0 spiro atoms. The predicted octanol–water partition coefficient (Wildman–Crippen LogP) is 4.89. The number of halogens is 4. The van der Waals surface area contributed by atoms with Crippen LogP contribution >= 0.6 is 0 Å². The quantitative estimate of drug-likeness (QED) is 0.238. The number of aromatic nitrogens is 3. The Balaban J connectivity index is 1.62. The number of esters is 1. The molecule has 37 heavy (non-hydrogen) atoms. The third-order valence-corrected chi connectivity index (χ3v) is 6.45. The van der Waals surface area contributed by atoms with Crippen molar-refractivity contribution in [2.45, 2.75) is 39.0 Å². The summed E-state index contributed by atoms with van der Waals surface area (Å²) >= 11 is 0. The molecule has 2 aromatic heterocycles. The van der Waals surface area contributed by atoms with Crippen molar-refractivity contribution >= 4 is 33.5 Å². The molecular weight excluding hydrogens is 490 g/mol. The van der Waals surface area contributed by atoms with Crippen molar-refractivity contribution in [3.8, 4) is 17.0 Å². The van der Waals surface area contributed by atoms with Crippen LogP contribution in [0.1, 0.15) is 19.4 Å². The number of ether oxygens (including phenoxy) is 1. The van der Waals surface area contributed by atoms with Gasteiger partial charge in [0.05, 0.1) is 11.2 Å². The van der Waals surface area contributed by atoms with Gasteiger partial charge in [0.15, 0.2) is 5.82 Å². The Morgan fingerprint density at radius 3 is 2.46 bits per heavy atom. The van der Waals surface area contributed by atoms with Crippen molar-refractivity contribution in [1.82, 2.24) is 20.1 Å². The topological polar surface area (TPSA) is 72.3 Å². The maximum atomic E-state index is 15.3. The summed E-state index contributed by atoms with van der Waals surface area (Å²) in [4.78, 5) is 18.3. The maximum Gasteiger partial charge on any atom is 0.491 e. The van der Waals surface area contributed by atoms with E-state index < -0.39 is 18.0 Å². The predicted molar refractivity (Wildman–Crippen MR) is 132 cm³/mol. The highest BCUT2D eigenvalue weighted by molar-refractivity contribution is 5.94. The molecule has 0 amide bonds. The fraction of sp³-hybridized carbons (Fsp3) is 0.346. The molecule has 2 aromatic carbocycles. The second-order valence-electron chi connectivity index (χ2n) is 9.58. The van der Waals surface area contributed by atoms with Gasteiger partial charge >= 0.3 is 12.1 Å². The van der Waals surface area contributed by atoms with Crippen molar-refractivity contribution < 1.29 is 27.1 Å². The Hall–Kier alpha value is -3.73. The molecule has 4 aromatic rings. The van der Waals surface area contributed by atoms with Crippen LogP contribution < -0.4 is 15.0 Å². The fourth-order valence-electron chi connectivity index (χ4n) is 4.95. The number of piperazine rings is 1. The van der Waals surface area contributed by atoms with E-state index in [4.69, 9.17) is 4.74 Å². The number of rotatable bonds is 3. The van der Waals surface area contributed by atoms with E-state index >= 15 is 4.39 Å². The van der Waals surface area contributed by atoms with Gasteiger partial charge in [-0.25, -0.2) is 14.2 Å². The van der Waals surface area contributed by atoms with Crippen LogP contribution in [0.2, 0.25) is 0 Å². The first kappa shape index (κ1) is 24.9. The molecule has 1 fully saturated rings. The summed E-state index contributed by atoms with van der Waals surface area (Å²) in [6.07, 6.45) is -3.51. The minimum Gasteiger partial charge on any atom is -0.419 e. The number of nitrogens with zero attached hydrogens (tertiary/aromatic N) is 4. The summed E-state index contributed by atoms with van der Waals surface area (Å²) in [6, 6.07) is 8.54. The number of aryl methyl sites for hydroxylation is 2. The van der Waals surface area contributed by atoms with E-state index in [-0.39, 0.29) is 40.2 Å². The maximum absolute atomic E-state index is 15.3. The molecule has 194 valence electrons. The summed E-state index contributed by atoms with van der Waals surface area (Å²) in [6.45, 7) is 7.09. The molecule has 5 rings (SSSR count). The first-order chi connectivity index (χ1) is 17.4. The van der Waals surface area contributed by atoms with Crippen molar-refractivity contribution in [3.63, 3.8) is 0 Å². The number of hydrogen-bond donors (Lipinski definition) is 1. The molecule has 1 saturated heterocycles. The number of carbonyl (C=O) groups excluding carboxylic acids is 1. The molecule has 1 N–H and O–H groups in total. The van der Waals surface area contributed by atoms with Gasteiger partial charge in [-0.3, -0.25) is 4.68 Å². The van der Waals surface area contributed by atoms with Gasteiger partial charge in [0.1, 0.15) is 11.3 Å². The second-order valence-corrected chi connectivity index (χ2v) is 9.58. The van der Waals surface area contributed by atoms with Crippen LogP contribution in [0.25, 0.3) is 33.1 Å². The van der Waals surface area contributed by atoms with Crippen LogP contribution in [0.15, 0.2) is 36.5 Å². The molecule has 1 aliphatic rings. The van der Waals surface area contributed by atoms with Crippen LogP contribution in [-0.4, -0.2) is 52.1 Å². The molecule has 0 aliphatic carbocycles. The largest absolute Gasteiger partial charge is 0.491 e. The lowest BCUT2D eigenvalue weighted by Gasteiger charge is -2.37. The number of hydrogen-bond acceptors (Lipinski definition) is 6. The SMILES string of the molecule is Cc1c(OC(=O)C(F)(F)F)c(-c2ccc3cc(N4C[C@H](C)N[C@@H](C)C4)cc(F)c3n2)cc2cn(C)nc12. The summed E-state index contributed by atoms with van der Waals surface area (Å²) in [7, 11) is 1.67. The van der Waals surface area contributed by atoms with Gasteiger partial charge in [-0.15, -0.1) is 0 Å². The fourth-order valence-corrected chi connectivity index (χ4v) is 4.95. The van der Waals surface area contributed by atoms with Gasteiger partial charge in [0.25, 0.3) is 0 Å². The lowest BCUT2D eigenvalue weighted by atomic mass is 10.0. The Labute approximate surface area is 210 Å². The first-order valence-electron chi connectivity index (χ1n) is 11.8. The summed E-state index contributed by atoms with van der Waals surface area (Å²) in [5, 5.41) is 8.86. The van der Waals surface area contributed by atoms with Gasteiger partial charge in [-0.2, -0.15) is 18.3 Å². The number of alkyl halides is 3. The molecule has 3 heterocycles. The number of carbonyl (C=O) groups is 1. The van der Waals surface area contributed by atoms with E-state index in [1.165, 1.54) is 23.7 Å². The summed E-state index contributed by atoms with van der Waals surface area (Å²) < 4.78 is 60.8. The first-order valence-corrected chi connectivity index (χ1v) is 11.8. The lowest BCUT2D eigenvalue weighted by Crippen LogP contribution is -2.54. The normalized spacial score (nSPS) is 18.5. The Morgan fingerprint density at radius 2 is 1.78 bits per heavy atom. The average Bonchev–Trinajstić information content (AvgIpc) is 3.19. The third-order valence-electron chi connectivity index (χ3n) is 6.45. The van der Waals surface area contributed by atoms with Crippen molar-refractivity contribution in [2.75, 3.05) is 18.0 Å². The second kappa shape index (κ2) is 8.98. The molecule has 0 radical (unpaired) electrons. The number of fused-ring (bicyclic) bond motifs is 2. The molecule has 0 unspecified atom stereocenters. The third kappa shape index (κ3) is 4.71. The van der Waals surface area contributed by atoms with Crippen LogP contribution in [0.5, 0.6) is 5.75 Å². The van der Waals surface area contributed by atoms with Crippen LogP contribution in [0.3, 0.4) is 0 Å². The summed E-state index contributed by atoms with van der Waals surface area (Å²) in [5.74, 6) is -3.23. The molecule has 7 nitrogen and oxygen atoms in total. The highest BCUT2D eigenvalue weighted by Gasteiger charge is 2.42. The van der Waals surface area contributed by atoms with E-state index in [9.17, 15) is 18.0 Å². The molecule has 0 bridgehead atoms. The van der Waals surface area contributed by atoms with E-state index in [2.05, 4.69) is 34.1 Å². The van der Waals surface area contributed by atoms with Crippen LogP contribution in [0, 0.1) is 12.7 Å². The van der Waals surface area contributed by atoms with Gasteiger partial charge in [-0.1, -0.05) is 6.07 Å². The van der Waals surface area contributed by atoms with Gasteiger partial charge < -0.3 is 15.0 Å². The zero-order valence-electron chi connectivity index (χ0n) is 20.7. The monoisotopic (exact) mass is 515 g/mol. The van der Waals surface area contributed by atoms with Crippen molar-refractivity contribution in [3.05, 3.63) is 47.9 Å². The molecule has 0 saturated carbocycles. The summed E-state index contributed by atoms with van der Waals surface area (Å²) in [5.41, 5.74) is 1.72. The smallest absolute Gasteiger partial charge is 0.419 e. The molecule has 2 atom stereocenters. The van der Waals surface area contributed by atoms with Crippen LogP contribution in [-0.2, 0) is 11.8 Å². The van der Waals surface area contributed by atoms with E-state index in [0.29, 0.717) is 16.3 Å². The molecular formula is C26H25F4N5O2. The zero-order chi connectivity index (χ0) is 26.6. The number of benzene rings is 2. The number of nitrogens with one attached hydrogen (secondary N) is 1. The van der Waals surface area contributed by atoms with Gasteiger partial charge in [0, 0.05) is 66.0 Å². The Kier molecular flexibility index (Phi) is 6.06.